The minimum atomic E-state index is -2.34. The summed E-state index contributed by atoms with van der Waals surface area (Å²) < 4.78 is 88.0. The van der Waals surface area contributed by atoms with Crippen molar-refractivity contribution in [3.05, 3.63) is 77.1 Å². The van der Waals surface area contributed by atoms with Crippen LogP contribution in [0, 0.1) is 29.1 Å². The predicted molar refractivity (Wildman–Crippen MR) is 110 cm³/mol. The van der Waals surface area contributed by atoms with Crippen LogP contribution in [-0.2, 0) is 11.2 Å². The van der Waals surface area contributed by atoms with E-state index >= 15 is 0 Å². The third kappa shape index (κ3) is 4.14. The van der Waals surface area contributed by atoms with E-state index in [2.05, 4.69) is 4.74 Å². The zero-order valence-electron chi connectivity index (χ0n) is 17.7. The smallest absolute Gasteiger partial charge is 0.315 e. The van der Waals surface area contributed by atoms with Crippen LogP contribution in [0.4, 0.5) is 22.0 Å². The maximum Gasteiger partial charge on any atom is 0.315 e. The van der Waals surface area contributed by atoms with Gasteiger partial charge in [0.05, 0.1) is 20.6 Å². The first-order chi connectivity index (χ1) is 16.2. The Balaban J connectivity index is 1.57. The fraction of sp³-hybridized carbons (Fsp3) is 0.125. The second-order valence-electron chi connectivity index (χ2n) is 7.10. The van der Waals surface area contributed by atoms with Crippen molar-refractivity contribution < 1.29 is 45.4 Å². The number of hydrogen-bond donors (Lipinski definition) is 0. The number of benzene rings is 3. The fourth-order valence-electron chi connectivity index (χ4n) is 3.33. The van der Waals surface area contributed by atoms with Crippen LogP contribution in [-0.4, -0.2) is 20.2 Å². The van der Waals surface area contributed by atoms with E-state index < -0.39 is 47.2 Å². The van der Waals surface area contributed by atoms with Gasteiger partial charge < -0.3 is 18.6 Å². The van der Waals surface area contributed by atoms with Crippen molar-refractivity contribution in [3.8, 4) is 28.6 Å². The minimum Gasteiger partial charge on any atom is -0.493 e. The number of carbonyl (C=O) groups excluding carboxylic acids is 1. The number of carbonyl (C=O) groups is 1. The average molecular weight is 478 g/mol. The van der Waals surface area contributed by atoms with Crippen molar-refractivity contribution >= 4 is 16.9 Å². The van der Waals surface area contributed by atoms with Gasteiger partial charge in [-0.15, -0.1) is 0 Å². The molecule has 0 fully saturated rings. The Labute approximate surface area is 189 Å². The molecule has 0 aliphatic carbocycles. The molecule has 0 bridgehead atoms. The SMILES string of the molecule is COc1ccc(-c2cc3cc(CC(=O)Oc4c(F)c(F)c(F)c(F)c4F)ccc3o2)cc1OC. The molecule has 0 saturated heterocycles. The van der Waals surface area contributed by atoms with E-state index in [4.69, 9.17) is 13.9 Å². The van der Waals surface area contributed by atoms with Crippen molar-refractivity contribution in [1.29, 1.82) is 0 Å². The minimum absolute atomic E-state index is 0.362. The molecule has 0 aliphatic rings. The summed E-state index contributed by atoms with van der Waals surface area (Å²) in [6, 6.07) is 11.5. The predicted octanol–water partition coefficient (Wildman–Crippen LogP) is 5.96. The Morgan fingerprint density at radius 2 is 1.44 bits per heavy atom. The highest BCUT2D eigenvalue weighted by Gasteiger charge is 2.28. The Kier molecular flexibility index (Phi) is 6.14. The summed E-state index contributed by atoms with van der Waals surface area (Å²) in [5, 5.41) is 0.603. The van der Waals surface area contributed by atoms with Gasteiger partial charge >= 0.3 is 5.97 Å². The summed E-state index contributed by atoms with van der Waals surface area (Å²) in [6.45, 7) is 0. The Morgan fingerprint density at radius 3 is 2.09 bits per heavy atom. The highest BCUT2D eigenvalue weighted by molar-refractivity contribution is 5.85. The van der Waals surface area contributed by atoms with Crippen molar-refractivity contribution in [1.82, 2.24) is 0 Å². The summed E-state index contributed by atoms with van der Waals surface area (Å²) >= 11 is 0. The van der Waals surface area contributed by atoms with Gasteiger partial charge in [0, 0.05) is 10.9 Å². The second-order valence-corrected chi connectivity index (χ2v) is 7.10. The first-order valence-corrected chi connectivity index (χ1v) is 9.70. The number of methoxy groups -OCH3 is 2. The number of furan rings is 1. The van der Waals surface area contributed by atoms with E-state index in [1.54, 1.807) is 36.4 Å². The third-order valence-corrected chi connectivity index (χ3v) is 4.98. The lowest BCUT2D eigenvalue weighted by atomic mass is 10.1. The van der Waals surface area contributed by atoms with Gasteiger partial charge in [-0.1, -0.05) is 6.07 Å². The number of fused-ring (bicyclic) bond motifs is 1. The van der Waals surface area contributed by atoms with E-state index in [0.717, 1.165) is 0 Å². The van der Waals surface area contributed by atoms with Gasteiger partial charge in [-0.25, -0.2) is 13.2 Å². The lowest BCUT2D eigenvalue weighted by Gasteiger charge is -2.09. The second kappa shape index (κ2) is 9.05. The average Bonchev–Trinajstić information content (AvgIpc) is 3.27. The van der Waals surface area contributed by atoms with Gasteiger partial charge in [-0.2, -0.15) is 8.78 Å². The Bertz CT molecular complexity index is 1380. The zero-order chi connectivity index (χ0) is 24.6. The number of hydrogen-bond acceptors (Lipinski definition) is 5. The fourth-order valence-corrected chi connectivity index (χ4v) is 3.33. The monoisotopic (exact) mass is 478 g/mol. The maximum atomic E-state index is 13.7. The summed E-state index contributed by atoms with van der Waals surface area (Å²) in [5.41, 5.74) is 1.55. The van der Waals surface area contributed by atoms with E-state index in [0.29, 0.717) is 39.4 Å². The standard InChI is InChI=1S/C24H15F5O5/c1-31-15-6-4-12(9-17(15)32-2)16-10-13-7-11(3-5-14(13)33-16)8-18(30)34-24-22(28)20(26)19(25)21(27)23(24)29/h3-7,9-10H,8H2,1-2H3. The van der Waals surface area contributed by atoms with Gasteiger partial charge in [-0.05, 0) is 42.0 Å². The molecule has 0 aliphatic heterocycles. The normalized spacial score (nSPS) is 11.0. The summed E-state index contributed by atoms with van der Waals surface area (Å²) in [5.74, 6) is -12.5. The molecule has 0 amide bonds. The number of esters is 1. The van der Waals surface area contributed by atoms with Crippen LogP contribution in [0.25, 0.3) is 22.3 Å². The highest BCUT2D eigenvalue weighted by Crippen LogP contribution is 2.35. The van der Waals surface area contributed by atoms with Crippen molar-refractivity contribution in [2.45, 2.75) is 6.42 Å². The molecule has 0 atom stereocenters. The first kappa shape index (κ1) is 23.1. The zero-order valence-corrected chi connectivity index (χ0v) is 17.7. The van der Waals surface area contributed by atoms with E-state index in [-0.39, 0.29) is 0 Å². The molecule has 0 spiro atoms. The van der Waals surface area contributed by atoms with Crippen molar-refractivity contribution in [2.24, 2.45) is 0 Å². The quantitative estimate of drug-likeness (QED) is 0.113. The van der Waals surface area contributed by atoms with Gasteiger partial charge in [0.1, 0.15) is 11.3 Å². The molecule has 176 valence electrons. The van der Waals surface area contributed by atoms with E-state index in [1.165, 1.54) is 20.3 Å². The Morgan fingerprint density at radius 1 is 0.794 bits per heavy atom. The number of ether oxygens (including phenoxy) is 3. The molecule has 10 heteroatoms. The van der Waals surface area contributed by atoms with E-state index in [1.807, 2.05) is 0 Å². The Hall–Kier alpha value is -4.08. The molecule has 34 heavy (non-hydrogen) atoms. The van der Waals surface area contributed by atoms with Crippen LogP contribution in [0.5, 0.6) is 17.2 Å². The summed E-state index contributed by atoms with van der Waals surface area (Å²) in [6.07, 6.45) is -0.494. The van der Waals surface area contributed by atoms with Gasteiger partial charge in [0.2, 0.25) is 34.8 Å². The molecule has 0 radical (unpaired) electrons. The van der Waals surface area contributed by atoms with Gasteiger partial charge in [0.15, 0.2) is 11.5 Å². The molecular weight excluding hydrogens is 463 g/mol. The number of halogens is 5. The maximum absolute atomic E-state index is 13.7. The molecule has 0 saturated carbocycles. The molecule has 1 heterocycles. The largest absolute Gasteiger partial charge is 0.493 e. The topological polar surface area (TPSA) is 57.9 Å². The van der Waals surface area contributed by atoms with Crippen LogP contribution >= 0.6 is 0 Å². The van der Waals surface area contributed by atoms with Gasteiger partial charge in [-0.3, -0.25) is 4.79 Å². The molecule has 4 rings (SSSR count). The lowest BCUT2D eigenvalue weighted by Crippen LogP contribution is -2.15. The van der Waals surface area contributed by atoms with Crippen LogP contribution < -0.4 is 14.2 Å². The van der Waals surface area contributed by atoms with Crippen LogP contribution in [0.1, 0.15) is 5.56 Å². The molecule has 3 aromatic carbocycles. The van der Waals surface area contributed by atoms with E-state index in [9.17, 15) is 26.7 Å². The molecular formula is C24H15F5O5. The molecule has 1 aromatic heterocycles. The molecule has 4 aromatic rings. The van der Waals surface area contributed by atoms with Gasteiger partial charge in [0.25, 0.3) is 0 Å². The first-order valence-electron chi connectivity index (χ1n) is 9.70. The highest BCUT2D eigenvalue weighted by atomic mass is 19.2. The van der Waals surface area contributed by atoms with Crippen LogP contribution in [0.15, 0.2) is 46.9 Å². The summed E-state index contributed by atoms with van der Waals surface area (Å²) in [7, 11) is 3.01. The third-order valence-electron chi connectivity index (χ3n) is 4.98. The van der Waals surface area contributed by atoms with Crippen LogP contribution in [0.3, 0.4) is 0 Å². The number of rotatable bonds is 6. The van der Waals surface area contributed by atoms with Crippen molar-refractivity contribution in [2.75, 3.05) is 14.2 Å². The summed E-state index contributed by atoms with van der Waals surface area (Å²) in [4.78, 5) is 12.1. The molecule has 5 nitrogen and oxygen atoms in total. The molecule has 0 unspecified atom stereocenters. The lowest BCUT2D eigenvalue weighted by molar-refractivity contribution is -0.134. The van der Waals surface area contributed by atoms with Crippen LogP contribution in [0.2, 0.25) is 0 Å². The van der Waals surface area contributed by atoms with Crippen molar-refractivity contribution in [3.63, 3.8) is 0 Å². The molecule has 0 N–H and O–H groups in total.